The fourth-order valence-corrected chi connectivity index (χ4v) is 3.22. The van der Waals surface area contributed by atoms with Crippen molar-refractivity contribution in [1.82, 2.24) is 4.90 Å². The van der Waals surface area contributed by atoms with Crippen LogP contribution >= 0.6 is 12.2 Å². The number of rotatable bonds is 4. The normalized spacial score (nSPS) is 22.2. The zero-order valence-corrected chi connectivity index (χ0v) is 14.3. The monoisotopic (exact) mass is 306 g/mol. The third-order valence-corrected chi connectivity index (χ3v) is 4.44. The fourth-order valence-electron chi connectivity index (χ4n) is 2.93. The van der Waals surface area contributed by atoms with E-state index in [1.807, 2.05) is 0 Å². The summed E-state index contributed by atoms with van der Waals surface area (Å²) < 4.78 is 5.77. The number of hydrogen-bond donors (Lipinski definition) is 0. The lowest BCUT2D eigenvalue weighted by Gasteiger charge is -2.37. The Morgan fingerprint density at radius 1 is 1.14 bits per heavy atom. The van der Waals surface area contributed by atoms with Gasteiger partial charge < -0.3 is 14.5 Å². The van der Waals surface area contributed by atoms with Crippen LogP contribution < -0.4 is 4.90 Å². The maximum absolute atomic E-state index is 5.77. The Labute approximate surface area is 133 Å². The summed E-state index contributed by atoms with van der Waals surface area (Å²) in [4.78, 5) is 5.54. The van der Waals surface area contributed by atoms with Gasteiger partial charge in [0.15, 0.2) is 0 Å². The highest BCUT2D eigenvalue weighted by Crippen LogP contribution is 2.19. The van der Waals surface area contributed by atoms with Crippen molar-refractivity contribution in [3.05, 3.63) is 29.8 Å². The van der Waals surface area contributed by atoms with Crippen LogP contribution in [0.5, 0.6) is 0 Å². The number of morpholine rings is 1. The second kappa shape index (κ2) is 7.23. The Morgan fingerprint density at radius 3 is 2.14 bits per heavy atom. The molecule has 116 valence electrons. The van der Waals surface area contributed by atoms with Crippen LogP contribution in [0.1, 0.15) is 33.3 Å². The standard InChI is InChI=1S/C17H26N2OS/c1-5-18(6-2)16-9-7-15(8-10-16)17(21)19-11-13(3)20-14(4)12-19/h7-10,13-14H,5-6,11-12H2,1-4H3/t13-,14-/m1/s1. The molecular formula is C17H26N2OS. The lowest BCUT2D eigenvalue weighted by Crippen LogP contribution is -2.47. The molecule has 0 amide bonds. The minimum atomic E-state index is 0.238. The number of ether oxygens (including phenoxy) is 1. The summed E-state index contributed by atoms with van der Waals surface area (Å²) in [7, 11) is 0. The Hall–Kier alpha value is -1.13. The zero-order chi connectivity index (χ0) is 15.4. The van der Waals surface area contributed by atoms with Crippen molar-refractivity contribution in [2.75, 3.05) is 31.1 Å². The van der Waals surface area contributed by atoms with Gasteiger partial charge >= 0.3 is 0 Å². The van der Waals surface area contributed by atoms with E-state index in [1.165, 1.54) is 5.69 Å². The van der Waals surface area contributed by atoms with Gasteiger partial charge in [0.1, 0.15) is 4.99 Å². The van der Waals surface area contributed by atoms with E-state index < -0.39 is 0 Å². The van der Waals surface area contributed by atoms with E-state index in [2.05, 4.69) is 61.8 Å². The largest absolute Gasteiger partial charge is 0.372 e. The number of benzene rings is 1. The van der Waals surface area contributed by atoms with Gasteiger partial charge in [-0.05, 0) is 52.0 Å². The summed E-state index contributed by atoms with van der Waals surface area (Å²) in [5.74, 6) is 0. The average molecular weight is 306 g/mol. The molecule has 1 fully saturated rings. The van der Waals surface area contributed by atoms with Gasteiger partial charge in [-0.15, -0.1) is 0 Å². The number of anilines is 1. The molecule has 0 saturated carbocycles. The minimum absolute atomic E-state index is 0.238. The lowest BCUT2D eigenvalue weighted by atomic mass is 10.1. The van der Waals surface area contributed by atoms with E-state index in [4.69, 9.17) is 17.0 Å². The van der Waals surface area contributed by atoms with Crippen LogP contribution in [0.25, 0.3) is 0 Å². The Bertz CT molecular complexity index is 460. The van der Waals surface area contributed by atoms with Gasteiger partial charge in [0, 0.05) is 37.4 Å². The second-order valence-electron chi connectivity index (χ2n) is 5.69. The molecule has 1 aliphatic heterocycles. The summed E-state index contributed by atoms with van der Waals surface area (Å²) >= 11 is 5.67. The van der Waals surface area contributed by atoms with Crippen molar-refractivity contribution in [3.8, 4) is 0 Å². The van der Waals surface area contributed by atoms with Crippen LogP contribution in [0.2, 0.25) is 0 Å². The molecule has 0 bridgehead atoms. The number of thiocarbonyl (C=S) groups is 1. The van der Waals surface area contributed by atoms with E-state index in [0.29, 0.717) is 0 Å². The van der Waals surface area contributed by atoms with Crippen molar-refractivity contribution < 1.29 is 4.74 Å². The molecule has 0 aromatic heterocycles. The molecule has 3 nitrogen and oxygen atoms in total. The molecule has 1 saturated heterocycles. The number of hydrogen-bond acceptors (Lipinski definition) is 3. The summed E-state index contributed by atoms with van der Waals surface area (Å²) in [5.41, 5.74) is 2.39. The first-order valence-corrected chi connectivity index (χ1v) is 8.25. The van der Waals surface area contributed by atoms with Crippen LogP contribution in [-0.4, -0.2) is 48.3 Å². The lowest BCUT2D eigenvalue weighted by molar-refractivity contribution is -0.0472. The van der Waals surface area contributed by atoms with Crippen LogP contribution in [-0.2, 0) is 4.74 Å². The van der Waals surface area contributed by atoms with Crippen molar-refractivity contribution in [3.63, 3.8) is 0 Å². The predicted octanol–water partition coefficient (Wildman–Crippen LogP) is 3.32. The van der Waals surface area contributed by atoms with Crippen LogP contribution in [0.4, 0.5) is 5.69 Å². The van der Waals surface area contributed by atoms with Crippen molar-refractivity contribution in [2.45, 2.75) is 39.9 Å². The molecule has 2 atom stereocenters. The smallest absolute Gasteiger partial charge is 0.109 e. The van der Waals surface area contributed by atoms with Crippen molar-refractivity contribution in [2.24, 2.45) is 0 Å². The molecule has 21 heavy (non-hydrogen) atoms. The third kappa shape index (κ3) is 3.95. The highest BCUT2D eigenvalue weighted by atomic mass is 32.1. The Balaban J connectivity index is 2.09. The molecule has 0 N–H and O–H groups in total. The summed E-state index contributed by atoms with van der Waals surface area (Å²) in [6, 6.07) is 8.62. The molecule has 0 spiro atoms. The first kappa shape index (κ1) is 16.2. The molecule has 0 aliphatic carbocycles. The van der Waals surface area contributed by atoms with Crippen molar-refractivity contribution in [1.29, 1.82) is 0 Å². The molecule has 2 rings (SSSR count). The molecule has 1 heterocycles. The zero-order valence-electron chi connectivity index (χ0n) is 13.5. The molecular weight excluding hydrogens is 280 g/mol. The Morgan fingerprint density at radius 2 is 1.67 bits per heavy atom. The summed E-state index contributed by atoms with van der Waals surface area (Å²) in [6.07, 6.45) is 0.475. The van der Waals surface area contributed by atoms with Gasteiger partial charge in [0.05, 0.1) is 12.2 Å². The van der Waals surface area contributed by atoms with Gasteiger partial charge in [-0.1, -0.05) is 12.2 Å². The molecule has 1 aromatic carbocycles. The topological polar surface area (TPSA) is 15.7 Å². The summed E-state index contributed by atoms with van der Waals surface area (Å²) in [6.45, 7) is 12.4. The van der Waals surface area contributed by atoms with Crippen LogP contribution in [0, 0.1) is 0 Å². The van der Waals surface area contributed by atoms with Gasteiger partial charge in [0.2, 0.25) is 0 Å². The first-order valence-electron chi connectivity index (χ1n) is 7.84. The third-order valence-electron chi connectivity index (χ3n) is 3.95. The van der Waals surface area contributed by atoms with E-state index in [9.17, 15) is 0 Å². The molecule has 4 heteroatoms. The average Bonchev–Trinajstić information content (AvgIpc) is 2.47. The first-order chi connectivity index (χ1) is 10.0. The highest BCUT2D eigenvalue weighted by Gasteiger charge is 2.24. The van der Waals surface area contributed by atoms with Crippen LogP contribution in [0.3, 0.4) is 0 Å². The van der Waals surface area contributed by atoms with Crippen molar-refractivity contribution >= 4 is 22.9 Å². The highest BCUT2D eigenvalue weighted by molar-refractivity contribution is 7.80. The SMILES string of the molecule is CCN(CC)c1ccc(C(=S)N2C[C@@H](C)O[C@H](C)C2)cc1. The minimum Gasteiger partial charge on any atom is -0.372 e. The Kier molecular flexibility index (Phi) is 5.59. The summed E-state index contributed by atoms with van der Waals surface area (Å²) in [5, 5.41) is 0. The molecule has 0 unspecified atom stereocenters. The van der Waals surface area contributed by atoms with E-state index >= 15 is 0 Å². The van der Waals surface area contributed by atoms with Gasteiger partial charge in [-0.25, -0.2) is 0 Å². The predicted molar refractivity (Wildman–Crippen MR) is 93.3 cm³/mol. The van der Waals surface area contributed by atoms with E-state index in [1.54, 1.807) is 0 Å². The van der Waals surface area contributed by atoms with Gasteiger partial charge in [-0.2, -0.15) is 0 Å². The quantitative estimate of drug-likeness (QED) is 0.793. The van der Waals surface area contributed by atoms with Crippen LogP contribution in [0.15, 0.2) is 24.3 Å². The molecule has 1 aliphatic rings. The number of nitrogens with zero attached hydrogens (tertiary/aromatic N) is 2. The van der Waals surface area contributed by atoms with Gasteiger partial charge in [0.25, 0.3) is 0 Å². The van der Waals surface area contributed by atoms with E-state index in [-0.39, 0.29) is 12.2 Å². The molecule has 1 aromatic rings. The molecule has 0 radical (unpaired) electrons. The van der Waals surface area contributed by atoms with E-state index in [0.717, 1.165) is 36.7 Å². The van der Waals surface area contributed by atoms with Gasteiger partial charge in [-0.3, -0.25) is 0 Å². The second-order valence-corrected chi connectivity index (χ2v) is 6.07. The fraction of sp³-hybridized carbons (Fsp3) is 0.588. The maximum atomic E-state index is 5.77. The maximum Gasteiger partial charge on any atom is 0.109 e.